The summed E-state index contributed by atoms with van der Waals surface area (Å²) in [4.78, 5) is 16.2. The van der Waals surface area contributed by atoms with Gasteiger partial charge in [-0.25, -0.2) is 0 Å². The fourth-order valence-electron chi connectivity index (χ4n) is 3.83. The molecule has 3 aromatic rings. The van der Waals surface area contributed by atoms with E-state index in [2.05, 4.69) is 81.5 Å². The van der Waals surface area contributed by atoms with Crippen LogP contribution in [-0.4, -0.2) is 69.4 Å². The van der Waals surface area contributed by atoms with Gasteiger partial charge in [-0.3, -0.25) is 10.00 Å². The zero-order chi connectivity index (χ0) is 23.2. The second kappa shape index (κ2) is 11.2. The van der Waals surface area contributed by atoms with Gasteiger partial charge in [-0.15, -0.1) is 0 Å². The van der Waals surface area contributed by atoms with Gasteiger partial charge in [-0.2, -0.15) is 20.1 Å². The number of hydrogen-bond acceptors (Lipinski definition) is 8. The van der Waals surface area contributed by atoms with Crippen LogP contribution in [0.4, 0.5) is 17.7 Å². The van der Waals surface area contributed by atoms with Crippen molar-refractivity contribution in [3.63, 3.8) is 0 Å². The predicted octanol–water partition coefficient (Wildman–Crippen LogP) is 4.12. The van der Waals surface area contributed by atoms with Crippen molar-refractivity contribution >= 4 is 52.5 Å². The van der Waals surface area contributed by atoms with Crippen LogP contribution in [0, 0.1) is 3.57 Å². The van der Waals surface area contributed by atoms with E-state index in [0.29, 0.717) is 23.6 Å². The SMILES string of the molecule is Ic1cccc(/C=C/c2nc(NCCCN3CCOCC3)nc(Nc3cc(C4CC4)[nH]n3)n2)c1. The molecule has 2 aromatic heterocycles. The number of halogens is 1. The van der Waals surface area contributed by atoms with E-state index in [9.17, 15) is 0 Å². The maximum Gasteiger partial charge on any atom is 0.233 e. The van der Waals surface area contributed by atoms with Crippen LogP contribution < -0.4 is 10.6 Å². The fraction of sp³-hybridized carbons (Fsp3) is 0.417. The highest BCUT2D eigenvalue weighted by atomic mass is 127. The summed E-state index contributed by atoms with van der Waals surface area (Å²) in [7, 11) is 0. The first-order valence-electron chi connectivity index (χ1n) is 11.8. The van der Waals surface area contributed by atoms with E-state index in [1.807, 2.05) is 24.3 Å². The van der Waals surface area contributed by atoms with Crippen LogP contribution >= 0.6 is 22.6 Å². The zero-order valence-corrected chi connectivity index (χ0v) is 21.2. The first kappa shape index (κ1) is 23.2. The Morgan fingerprint density at radius 2 is 1.94 bits per heavy atom. The van der Waals surface area contributed by atoms with E-state index in [-0.39, 0.29) is 0 Å². The van der Waals surface area contributed by atoms with Crippen LogP contribution in [0.1, 0.15) is 42.3 Å². The molecule has 1 saturated carbocycles. The predicted molar refractivity (Wildman–Crippen MR) is 142 cm³/mol. The quantitative estimate of drug-likeness (QED) is 0.246. The highest BCUT2D eigenvalue weighted by Crippen LogP contribution is 2.39. The second-order valence-electron chi connectivity index (χ2n) is 8.57. The summed E-state index contributed by atoms with van der Waals surface area (Å²) < 4.78 is 6.61. The largest absolute Gasteiger partial charge is 0.379 e. The molecule has 0 radical (unpaired) electrons. The number of anilines is 3. The molecule has 0 unspecified atom stereocenters. The van der Waals surface area contributed by atoms with E-state index >= 15 is 0 Å². The average Bonchev–Trinajstić information content (AvgIpc) is 3.60. The van der Waals surface area contributed by atoms with Crippen LogP contribution in [0.3, 0.4) is 0 Å². The Kier molecular flexibility index (Phi) is 7.66. The monoisotopic (exact) mass is 572 g/mol. The Balaban J connectivity index is 1.27. The number of nitrogens with zero attached hydrogens (tertiary/aromatic N) is 5. The molecule has 1 aromatic carbocycles. The lowest BCUT2D eigenvalue weighted by molar-refractivity contribution is 0.0378. The molecule has 1 aliphatic carbocycles. The van der Waals surface area contributed by atoms with Gasteiger partial charge in [0.1, 0.15) is 0 Å². The molecule has 3 heterocycles. The smallest absolute Gasteiger partial charge is 0.233 e. The average molecular weight is 572 g/mol. The molecule has 0 spiro atoms. The molecule has 10 heteroatoms. The van der Waals surface area contributed by atoms with E-state index < -0.39 is 0 Å². The number of H-pyrrole nitrogens is 1. The summed E-state index contributed by atoms with van der Waals surface area (Å²) in [5, 5.41) is 14.1. The van der Waals surface area contributed by atoms with Crippen molar-refractivity contribution in [1.29, 1.82) is 0 Å². The van der Waals surface area contributed by atoms with Crippen molar-refractivity contribution in [2.24, 2.45) is 0 Å². The standard InChI is InChI=1S/C24H29IN8O/c25-19-4-1-3-17(15-19)5-8-21-27-23(26-9-2-10-33-11-13-34-14-12-33)30-24(28-21)29-22-16-20(31-32-22)18-6-7-18/h1,3-5,8,15-16,18H,2,6-7,9-14H2,(H3,26,27,28,29,30,31,32)/b8-5+. The fourth-order valence-corrected chi connectivity index (χ4v) is 4.40. The minimum atomic E-state index is 0.474. The summed E-state index contributed by atoms with van der Waals surface area (Å²) in [6, 6.07) is 10.3. The number of aromatic amines is 1. The molecular weight excluding hydrogens is 543 g/mol. The van der Waals surface area contributed by atoms with Crippen molar-refractivity contribution in [1.82, 2.24) is 30.0 Å². The van der Waals surface area contributed by atoms with Crippen molar-refractivity contribution in [2.75, 3.05) is 50.0 Å². The molecule has 34 heavy (non-hydrogen) atoms. The Morgan fingerprint density at radius 3 is 2.76 bits per heavy atom. The van der Waals surface area contributed by atoms with Crippen LogP contribution in [0.2, 0.25) is 0 Å². The molecule has 2 aliphatic rings. The number of hydrogen-bond donors (Lipinski definition) is 3. The molecule has 2 fully saturated rings. The van der Waals surface area contributed by atoms with Gasteiger partial charge in [-0.05, 0) is 72.2 Å². The van der Waals surface area contributed by atoms with Crippen LogP contribution in [-0.2, 0) is 4.74 Å². The molecule has 0 bridgehead atoms. The number of morpholine rings is 1. The van der Waals surface area contributed by atoms with Gasteiger partial charge in [0.25, 0.3) is 0 Å². The topological polar surface area (TPSA) is 104 Å². The van der Waals surface area contributed by atoms with Gasteiger partial charge in [0.2, 0.25) is 11.9 Å². The third kappa shape index (κ3) is 6.73. The Hall–Kier alpha value is -2.57. The number of ether oxygens (including phenoxy) is 1. The molecule has 178 valence electrons. The molecule has 9 nitrogen and oxygen atoms in total. The molecule has 1 aliphatic heterocycles. The first-order chi connectivity index (χ1) is 16.7. The summed E-state index contributed by atoms with van der Waals surface area (Å²) in [5.41, 5.74) is 2.26. The minimum Gasteiger partial charge on any atom is -0.379 e. The lowest BCUT2D eigenvalue weighted by Gasteiger charge is -2.26. The van der Waals surface area contributed by atoms with Crippen molar-refractivity contribution in [3.05, 3.63) is 51.0 Å². The molecule has 1 saturated heterocycles. The van der Waals surface area contributed by atoms with Crippen molar-refractivity contribution < 1.29 is 4.74 Å². The third-order valence-corrected chi connectivity index (χ3v) is 6.49. The Morgan fingerprint density at radius 1 is 1.09 bits per heavy atom. The van der Waals surface area contributed by atoms with Gasteiger partial charge in [0, 0.05) is 40.9 Å². The van der Waals surface area contributed by atoms with E-state index in [4.69, 9.17) is 4.74 Å². The van der Waals surface area contributed by atoms with Crippen molar-refractivity contribution in [3.8, 4) is 0 Å². The van der Waals surface area contributed by atoms with Crippen LogP contribution in [0.15, 0.2) is 30.3 Å². The molecule has 5 rings (SSSR count). The van der Waals surface area contributed by atoms with E-state index in [0.717, 1.165) is 62.9 Å². The number of aromatic nitrogens is 5. The summed E-state index contributed by atoms with van der Waals surface area (Å²) in [5.74, 6) is 2.95. The van der Waals surface area contributed by atoms with Crippen LogP contribution in [0.25, 0.3) is 12.2 Å². The lowest BCUT2D eigenvalue weighted by Crippen LogP contribution is -2.37. The van der Waals surface area contributed by atoms with Gasteiger partial charge in [0.05, 0.1) is 13.2 Å². The lowest BCUT2D eigenvalue weighted by atomic mass is 10.2. The van der Waals surface area contributed by atoms with Gasteiger partial charge < -0.3 is 15.4 Å². The van der Waals surface area contributed by atoms with E-state index in [1.165, 1.54) is 16.4 Å². The maximum absolute atomic E-state index is 5.42. The van der Waals surface area contributed by atoms with Gasteiger partial charge in [-0.1, -0.05) is 18.2 Å². The molecule has 0 amide bonds. The number of rotatable bonds is 10. The number of benzene rings is 1. The minimum absolute atomic E-state index is 0.474. The van der Waals surface area contributed by atoms with Gasteiger partial charge >= 0.3 is 0 Å². The molecular formula is C24H29IN8O. The van der Waals surface area contributed by atoms with E-state index in [1.54, 1.807) is 0 Å². The molecule has 3 N–H and O–H groups in total. The Labute approximate surface area is 213 Å². The first-order valence-corrected chi connectivity index (χ1v) is 12.9. The number of nitrogens with one attached hydrogen (secondary N) is 3. The normalized spacial score (nSPS) is 16.7. The summed E-state index contributed by atoms with van der Waals surface area (Å²) in [6.07, 6.45) is 7.38. The van der Waals surface area contributed by atoms with Crippen LogP contribution in [0.5, 0.6) is 0 Å². The van der Waals surface area contributed by atoms with Gasteiger partial charge in [0.15, 0.2) is 11.6 Å². The van der Waals surface area contributed by atoms with Crippen molar-refractivity contribution in [2.45, 2.75) is 25.2 Å². The summed E-state index contributed by atoms with van der Waals surface area (Å²) >= 11 is 2.31. The summed E-state index contributed by atoms with van der Waals surface area (Å²) in [6.45, 7) is 5.46. The highest BCUT2D eigenvalue weighted by molar-refractivity contribution is 14.1. The zero-order valence-electron chi connectivity index (χ0n) is 19.0. The molecule has 0 atom stereocenters. The highest BCUT2D eigenvalue weighted by Gasteiger charge is 2.25. The maximum atomic E-state index is 5.42. The Bertz CT molecular complexity index is 1120. The third-order valence-electron chi connectivity index (χ3n) is 5.82. The second-order valence-corrected chi connectivity index (χ2v) is 9.82.